The molecule has 2 rings (SSSR count). The van der Waals surface area contributed by atoms with Gasteiger partial charge in [0.1, 0.15) is 5.75 Å². The van der Waals surface area contributed by atoms with Gasteiger partial charge in [0.15, 0.2) is 0 Å². The van der Waals surface area contributed by atoms with Crippen molar-refractivity contribution >= 4 is 12.4 Å². The minimum absolute atomic E-state index is 0. The summed E-state index contributed by atoms with van der Waals surface area (Å²) in [5.74, 6) is 0.933. The van der Waals surface area contributed by atoms with Crippen LogP contribution < -0.4 is 10.5 Å². The van der Waals surface area contributed by atoms with Crippen LogP contribution in [0.3, 0.4) is 0 Å². The molecule has 1 saturated heterocycles. The van der Waals surface area contributed by atoms with Crippen LogP contribution >= 0.6 is 12.4 Å². The first-order valence-electron chi connectivity index (χ1n) is 6.96. The molecule has 0 saturated carbocycles. The van der Waals surface area contributed by atoms with Gasteiger partial charge in [-0.2, -0.15) is 0 Å². The van der Waals surface area contributed by atoms with E-state index in [9.17, 15) is 0 Å². The lowest BCUT2D eigenvalue weighted by Gasteiger charge is -2.32. The molecule has 0 aromatic heterocycles. The highest BCUT2D eigenvalue weighted by atomic mass is 35.5. The van der Waals surface area contributed by atoms with Gasteiger partial charge in [-0.3, -0.25) is 4.90 Å². The summed E-state index contributed by atoms with van der Waals surface area (Å²) in [6, 6.07) is 6.34. The third-order valence-corrected chi connectivity index (χ3v) is 3.67. The van der Waals surface area contributed by atoms with Gasteiger partial charge in [0.05, 0.1) is 19.8 Å². The molecular formula is C15H25ClN2O2. The van der Waals surface area contributed by atoms with E-state index in [0.717, 1.165) is 38.4 Å². The third-order valence-electron chi connectivity index (χ3n) is 3.67. The number of hydrogen-bond acceptors (Lipinski definition) is 4. The molecule has 4 nitrogen and oxygen atoms in total. The van der Waals surface area contributed by atoms with E-state index >= 15 is 0 Å². The Balaban J connectivity index is 0.00000200. The second-order valence-corrected chi connectivity index (χ2v) is 4.95. The molecule has 20 heavy (non-hydrogen) atoms. The van der Waals surface area contributed by atoms with E-state index in [1.807, 2.05) is 6.07 Å². The Morgan fingerprint density at radius 1 is 1.40 bits per heavy atom. The normalized spacial score (nSPS) is 19.4. The van der Waals surface area contributed by atoms with Crippen LogP contribution in [0.15, 0.2) is 18.2 Å². The van der Waals surface area contributed by atoms with Crippen molar-refractivity contribution in [3.05, 3.63) is 29.3 Å². The van der Waals surface area contributed by atoms with E-state index in [1.165, 1.54) is 11.1 Å². The van der Waals surface area contributed by atoms with Crippen molar-refractivity contribution in [2.75, 3.05) is 33.4 Å². The largest absolute Gasteiger partial charge is 0.497 e. The summed E-state index contributed by atoms with van der Waals surface area (Å²) in [6.45, 7) is 6.42. The van der Waals surface area contributed by atoms with Gasteiger partial charge in [0, 0.05) is 26.2 Å². The van der Waals surface area contributed by atoms with E-state index in [2.05, 4.69) is 24.0 Å². The maximum atomic E-state index is 5.68. The molecule has 1 aliphatic rings. The van der Waals surface area contributed by atoms with E-state index in [-0.39, 0.29) is 18.5 Å². The second kappa shape index (κ2) is 8.47. The molecule has 1 aliphatic heterocycles. The number of aryl methyl sites for hydroxylation is 1. The molecule has 0 bridgehead atoms. The Bertz CT molecular complexity index is 415. The van der Waals surface area contributed by atoms with Crippen LogP contribution in [-0.4, -0.2) is 44.4 Å². The molecule has 1 atom stereocenters. The predicted molar refractivity (Wildman–Crippen MR) is 83.7 cm³/mol. The minimum atomic E-state index is 0. The second-order valence-electron chi connectivity index (χ2n) is 4.95. The standard InChI is InChI=1S/C15H24N2O2.ClH/c1-3-12-8-14(18-2)5-4-13(12)10-17-6-7-19-15(9-16)11-17;/h4-5,8,15H,3,6-7,9-11,16H2,1-2H3;1H. The maximum Gasteiger partial charge on any atom is 0.119 e. The lowest BCUT2D eigenvalue weighted by molar-refractivity contribution is -0.0261. The maximum absolute atomic E-state index is 5.68. The van der Waals surface area contributed by atoms with Crippen molar-refractivity contribution in [2.24, 2.45) is 5.73 Å². The van der Waals surface area contributed by atoms with Gasteiger partial charge < -0.3 is 15.2 Å². The molecule has 1 aromatic carbocycles. The van der Waals surface area contributed by atoms with Crippen LogP contribution in [0, 0.1) is 0 Å². The summed E-state index contributed by atoms with van der Waals surface area (Å²) in [7, 11) is 1.71. The molecule has 0 radical (unpaired) electrons. The topological polar surface area (TPSA) is 47.7 Å². The van der Waals surface area contributed by atoms with Gasteiger partial charge in [-0.15, -0.1) is 12.4 Å². The van der Waals surface area contributed by atoms with E-state index in [4.69, 9.17) is 15.2 Å². The number of ether oxygens (including phenoxy) is 2. The number of methoxy groups -OCH3 is 1. The smallest absolute Gasteiger partial charge is 0.119 e. The summed E-state index contributed by atoms with van der Waals surface area (Å²) in [5.41, 5.74) is 8.42. The number of nitrogens with two attached hydrogens (primary N) is 1. The minimum Gasteiger partial charge on any atom is -0.497 e. The Kier molecular flexibility index (Phi) is 7.30. The first-order chi connectivity index (χ1) is 9.26. The van der Waals surface area contributed by atoms with Crippen molar-refractivity contribution in [1.82, 2.24) is 4.90 Å². The van der Waals surface area contributed by atoms with Crippen LogP contribution in [0.25, 0.3) is 0 Å². The highest BCUT2D eigenvalue weighted by molar-refractivity contribution is 5.85. The van der Waals surface area contributed by atoms with Gasteiger partial charge in [-0.1, -0.05) is 13.0 Å². The van der Waals surface area contributed by atoms with Gasteiger partial charge >= 0.3 is 0 Å². The number of morpholine rings is 1. The summed E-state index contributed by atoms with van der Waals surface area (Å²) >= 11 is 0. The molecule has 1 aromatic rings. The van der Waals surface area contributed by atoms with Gasteiger partial charge in [0.25, 0.3) is 0 Å². The van der Waals surface area contributed by atoms with E-state index in [1.54, 1.807) is 7.11 Å². The fourth-order valence-corrected chi connectivity index (χ4v) is 2.52. The lowest BCUT2D eigenvalue weighted by atomic mass is 10.0. The first-order valence-corrected chi connectivity index (χ1v) is 6.96. The number of benzene rings is 1. The van der Waals surface area contributed by atoms with Gasteiger partial charge in [-0.25, -0.2) is 0 Å². The molecule has 1 heterocycles. The highest BCUT2D eigenvalue weighted by Gasteiger charge is 2.19. The summed E-state index contributed by atoms with van der Waals surface area (Å²) in [6.07, 6.45) is 1.20. The molecule has 2 N–H and O–H groups in total. The fraction of sp³-hybridized carbons (Fsp3) is 0.600. The van der Waals surface area contributed by atoms with Crippen LogP contribution in [0.1, 0.15) is 18.1 Å². The Hall–Kier alpha value is -0.810. The third kappa shape index (κ3) is 4.35. The Labute approximate surface area is 127 Å². The molecular weight excluding hydrogens is 276 g/mol. The molecule has 5 heteroatoms. The fourth-order valence-electron chi connectivity index (χ4n) is 2.52. The monoisotopic (exact) mass is 300 g/mol. The number of rotatable bonds is 5. The zero-order valence-electron chi connectivity index (χ0n) is 12.3. The highest BCUT2D eigenvalue weighted by Crippen LogP contribution is 2.20. The number of halogens is 1. The molecule has 0 aliphatic carbocycles. The molecule has 1 unspecified atom stereocenters. The zero-order valence-corrected chi connectivity index (χ0v) is 13.1. The van der Waals surface area contributed by atoms with Crippen LogP contribution in [0.5, 0.6) is 5.75 Å². The Morgan fingerprint density at radius 3 is 2.85 bits per heavy atom. The van der Waals surface area contributed by atoms with Crippen molar-refractivity contribution in [3.63, 3.8) is 0 Å². The van der Waals surface area contributed by atoms with Crippen LogP contribution in [0.4, 0.5) is 0 Å². The first kappa shape index (κ1) is 17.2. The zero-order chi connectivity index (χ0) is 13.7. The van der Waals surface area contributed by atoms with Gasteiger partial charge in [-0.05, 0) is 29.7 Å². The molecule has 1 fully saturated rings. The Morgan fingerprint density at radius 2 is 2.20 bits per heavy atom. The summed E-state index contributed by atoms with van der Waals surface area (Å²) in [5, 5.41) is 0. The van der Waals surface area contributed by atoms with Crippen molar-refractivity contribution in [2.45, 2.75) is 26.0 Å². The van der Waals surface area contributed by atoms with Crippen molar-refractivity contribution in [1.29, 1.82) is 0 Å². The SMILES string of the molecule is CCc1cc(OC)ccc1CN1CCOC(CN)C1.Cl. The molecule has 0 amide bonds. The van der Waals surface area contributed by atoms with Crippen molar-refractivity contribution in [3.8, 4) is 5.75 Å². The van der Waals surface area contributed by atoms with Crippen LogP contribution in [0.2, 0.25) is 0 Å². The predicted octanol–water partition coefficient (Wildman–Crippen LogP) is 1.84. The van der Waals surface area contributed by atoms with E-state index in [0.29, 0.717) is 6.54 Å². The lowest BCUT2D eigenvalue weighted by Crippen LogP contribution is -2.45. The molecule has 0 spiro atoms. The average Bonchev–Trinajstić information content (AvgIpc) is 2.48. The van der Waals surface area contributed by atoms with Crippen LogP contribution in [-0.2, 0) is 17.7 Å². The number of nitrogens with zero attached hydrogens (tertiary/aromatic N) is 1. The quantitative estimate of drug-likeness (QED) is 0.901. The summed E-state index contributed by atoms with van der Waals surface area (Å²) in [4.78, 5) is 2.42. The van der Waals surface area contributed by atoms with E-state index < -0.39 is 0 Å². The average molecular weight is 301 g/mol. The summed E-state index contributed by atoms with van der Waals surface area (Å²) < 4.78 is 10.9. The van der Waals surface area contributed by atoms with Crippen molar-refractivity contribution < 1.29 is 9.47 Å². The van der Waals surface area contributed by atoms with Gasteiger partial charge in [0.2, 0.25) is 0 Å². The number of hydrogen-bond donors (Lipinski definition) is 1. The molecule has 114 valence electrons.